The molecule has 3 aromatic rings. The molecular formula is C24H25F3N2O5S2. The van der Waals surface area contributed by atoms with E-state index in [1.165, 1.54) is 34.3 Å². The molecule has 2 atom stereocenters. The third-order valence-corrected chi connectivity index (χ3v) is 7.66. The van der Waals surface area contributed by atoms with E-state index in [-0.39, 0.29) is 25.3 Å². The van der Waals surface area contributed by atoms with Gasteiger partial charge in [-0.1, -0.05) is 26.0 Å². The Labute approximate surface area is 211 Å². The molecule has 0 radical (unpaired) electrons. The van der Waals surface area contributed by atoms with Gasteiger partial charge in [-0.05, 0) is 48.2 Å². The molecule has 1 aliphatic rings. The minimum atomic E-state index is -5.53. The fourth-order valence-electron chi connectivity index (χ4n) is 3.77. The lowest BCUT2D eigenvalue weighted by Crippen LogP contribution is -2.30. The Morgan fingerprint density at radius 3 is 2.72 bits per heavy atom. The van der Waals surface area contributed by atoms with E-state index < -0.39 is 27.6 Å². The molecule has 36 heavy (non-hydrogen) atoms. The molecule has 0 saturated carbocycles. The Balaban J connectivity index is 1.44. The van der Waals surface area contributed by atoms with Crippen LogP contribution >= 0.6 is 11.3 Å². The van der Waals surface area contributed by atoms with Crippen molar-refractivity contribution in [2.24, 2.45) is 5.92 Å². The van der Waals surface area contributed by atoms with Gasteiger partial charge in [0.2, 0.25) is 0 Å². The van der Waals surface area contributed by atoms with E-state index in [2.05, 4.69) is 18.8 Å². The number of ether oxygens (including phenoxy) is 2. The van der Waals surface area contributed by atoms with E-state index in [0.717, 1.165) is 10.7 Å². The van der Waals surface area contributed by atoms with Crippen LogP contribution in [0.4, 0.5) is 18.9 Å². The van der Waals surface area contributed by atoms with Gasteiger partial charge in [0.25, 0.3) is 0 Å². The molecule has 7 nitrogen and oxygen atoms in total. The van der Waals surface area contributed by atoms with Crippen LogP contribution in [0.5, 0.6) is 11.5 Å². The van der Waals surface area contributed by atoms with Crippen LogP contribution in [0.15, 0.2) is 47.8 Å². The monoisotopic (exact) mass is 542 g/mol. The highest BCUT2D eigenvalue weighted by atomic mass is 32.2. The second-order valence-corrected chi connectivity index (χ2v) is 11.4. The second-order valence-electron chi connectivity index (χ2n) is 8.78. The summed E-state index contributed by atoms with van der Waals surface area (Å²) in [6.45, 7) is 4.61. The van der Waals surface area contributed by atoms with Crippen LogP contribution in [0.1, 0.15) is 47.7 Å². The maximum absolute atomic E-state index is 12.7. The molecule has 194 valence electrons. The van der Waals surface area contributed by atoms with Gasteiger partial charge in [-0.25, -0.2) is 4.98 Å². The number of nitrogens with one attached hydrogen (secondary N) is 1. The average Bonchev–Trinajstić information content (AvgIpc) is 3.28. The lowest BCUT2D eigenvalue weighted by atomic mass is 9.88. The molecule has 0 spiro atoms. The SMILES string of the molecule is CC(C)c1csc(COc2ccc3c(c2)[C@@H](O)[C@@H](Cc2cccc(NS(=O)(=O)C(F)(F)F)c2)CO3)n1. The van der Waals surface area contributed by atoms with E-state index >= 15 is 0 Å². The lowest BCUT2D eigenvalue weighted by Gasteiger charge is -2.30. The summed E-state index contributed by atoms with van der Waals surface area (Å²) < 4.78 is 74.1. The number of aromatic nitrogens is 1. The standard InChI is InChI=1S/C24H25F3N2O5S2/c1-14(2)20-13-35-22(28-20)12-33-18-6-7-21-19(10-18)23(30)16(11-34-21)8-15-4-3-5-17(9-15)29-36(31,32)24(25,26)27/h3-7,9-10,13-14,16,23,29-30H,8,11-12H2,1-2H3/t16-,23-/m0/s1. The Morgan fingerprint density at radius 1 is 1.25 bits per heavy atom. The minimum Gasteiger partial charge on any atom is -0.493 e. The smallest absolute Gasteiger partial charge is 0.493 e. The topological polar surface area (TPSA) is 97.8 Å². The van der Waals surface area contributed by atoms with Gasteiger partial charge in [0.05, 0.1) is 18.4 Å². The minimum absolute atomic E-state index is 0.184. The predicted molar refractivity (Wildman–Crippen MR) is 130 cm³/mol. The average molecular weight is 543 g/mol. The van der Waals surface area contributed by atoms with Crippen molar-refractivity contribution in [1.82, 2.24) is 4.98 Å². The number of aliphatic hydroxyl groups is 1. The zero-order chi connectivity index (χ0) is 26.1. The van der Waals surface area contributed by atoms with Crippen molar-refractivity contribution in [3.8, 4) is 11.5 Å². The van der Waals surface area contributed by atoms with E-state index in [0.29, 0.717) is 28.5 Å². The fraction of sp³-hybridized carbons (Fsp3) is 0.375. The van der Waals surface area contributed by atoms with Crippen molar-refractivity contribution in [1.29, 1.82) is 0 Å². The van der Waals surface area contributed by atoms with Crippen molar-refractivity contribution in [2.45, 2.75) is 44.4 Å². The van der Waals surface area contributed by atoms with E-state index in [4.69, 9.17) is 9.47 Å². The van der Waals surface area contributed by atoms with E-state index in [1.807, 2.05) is 5.38 Å². The van der Waals surface area contributed by atoms with Gasteiger partial charge in [0.15, 0.2) is 0 Å². The van der Waals surface area contributed by atoms with Crippen molar-refractivity contribution < 1.29 is 36.2 Å². The van der Waals surface area contributed by atoms with Gasteiger partial charge >= 0.3 is 15.5 Å². The first-order valence-electron chi connectivity index (χ1n) is 11.1. The van der Waals surface area contributed by atoms with Crippen LogP contribution < -0.4 is 14.2 Å². The number of nitrogens with zero attached hydrogens (tertiary/aromatic N) is 1. The number of hydrogen-bond acceptors (Lipinski definition) is 7. The molecule has 1 aromatic heterocycles. The Morgan fingerprint density at radius 2 is 2.03 bits per heavy atom. The molecule has 0 aliphatic carbocycles. The van der Waals surface area contributed by atoms with E-state index in [1.54, 1.807) is 24.3 Å². The van der Waals surface area contributed by atoms with Crippen molar-refractivity contribution in [3.05, 3.63) is 69.7 Å². The first kappa shape index (κ1) is 26.2. The van der Waals surface area contributed by atoms with Crippen LogP contribution in [0.2, 0.25) is 0 Å². The van der Waals surface area contributed by atoms with Gasteiger partial charge in [-0.2, -0.15) is 21.6 Å². The Bertz CT molecular complexity index is 1330. The highest BCUT2D eigenvalue weighted by Gasteiger charge is 2.46. The number of benzene rings is 2. The van der Waals surface area contributed by atoms with Crippen LogP contribution in [0, 0.1) is 5.92 Å². The summed E-state index contributed by atoms with van der Waals surface area (Å²) in [5.41, 5.74) is -3.54. The highest BCUT2D eigenvalue weighted by Crippen LogP contribution is 2.39. The van der Waals surface area contributed by atoms with Crippen LogP contribution in [-0.2, 0) is 23.1 Å². The maximum Gasteiger partial charge on any atom is 0.516 e. The number of rotatable bonds is 8. The number of aliphatic hydroxyl groups excluding tert-OH is 1. The summed E-state index contributed by atoms with van der Waals surface area (Å²) in [7, 11) is -5.53. The molecule has 0 fully saturated rings. The summed E-state index contributed by atoms with van der Waals surface area (Å²) in [4.78, 5) is 4.54. The summed E-state index contributed by atoms with van der Waals surface area (Å²) >= 11 is 1.52. The third-order valence-electron chi connectivity index (χ3n) is 5.70. The molecule has 4 rings (SSSR count). The Hall–Kier alpha value is -2.83. The molecule has 2 aromatic carbocycles. The number of alkyl halides is 3. The molecule has 0 amide bonds. The van der Waals surface area contributed by atoms with Crippen LogP contribution in [0.3, 0.4) is 0 Å². The van der Waals surface area contributed by atoms with Crippen molar-refractivity contribution in [3.63, 3.8) is 0 Å². The molecule has 2 N–H and O–H groups in total. The normalized spacial score (nSPS) is 18.0. The maximum atomic E-state index is 12.7. The number of halogens is 3. The van der Waals surface area contributed by atoms with Gasteiger partial charge in [-0.3, -0.25) is 4.72 Å². The van der Waals surface area contributed by atoms with Crippen molar-refractivity contribution >= 4 is 27.0 Å². The zero-order valence-corrected chi connectivity index (χ0v) is 21.1. The zero-order valence-electron chi connectivity index (χ0n) is 19.4. The predicted octanol–water partition coefficient (Wildman–Crippen LogP) is 5.39. The number of fused-ring (bicyclic) bond motifs is 1. The van der Waals surface area contributed by atoms with E-state index in [9.17, 15) is 26.7 Å². The molecule has 0 bridgehead atoms. The van der Waals surface area contributed by atoms with Gasteiger partial charge in [0.1, 0.15) is 23.1 Å². The molecular weight excluding hydrogens is 517 g/mol. The highest BCUT2D eigenvalue weighted by molar-refractivity contribution is 7.93. The van der Waals surface area contributed by atoms with Gasteiger partial charge < -0.3 is 14.6 Å². The molecule has 1 aliphatic heterocycles. The second kappa shape index (κ2) is 10.3. The molecule has 12 heteroatoms. The van der Waals surface area contributed by atoms with Gasteiger partial charge in [-0.15, -0.1) is 11.3 Å². The summed E-state index contributed by atoms with van der Waals surface area (Å²) in [6.07, 6.45) is -0.662. The first-order valence-corrected chi connectivity index (χ1v) is 13.5. The van der Waals surface area contributed by atoms with Crippen molar-refractivity contribution in [2.75, 3.05) is 11.3 Å². The molecule has 2 heterocycles. The number of thiazole rings is 1. The number of anilines is 1. The summed E-state index contributed by atoms with van der Waals surface area (Å²) in [5.74, 6) is 0.985. The lowest BCUT2D eigenvalue weighted by molar-refractivity contribution is -0.0429. The number of sulfonamides is 1. The van der Waals surface area contributed by atoms with Gasteiger partial charge in [0, 0.05) is 22.5 Å². The molecule has 0 saturated heterocycles. The third kappa shape index (κ3) is 5.93. The fourth-order valence-corrected chi connectivity index (χ4v) is 5.19. The number of hydrogen-bond donors (Lipinski definition) is 2. The van der Waals surface area contributed by atoms with Crippen LogP contribution in [0.25, 0.3) is 0 Å². The molecule has 0 unspecified atom stereocenters. The summed E-state index contributed by atoms with van der Waals surface area (Å²) in [5, 5.41) is 13.9. The largest absolute Gasteiger partial charge is 0.516 e. The quantitative estimate of drug-likeness (QED) is 0.396. The first-order chi connectivity index (χ1) is 16.9. The Kier molecular flexibility index (Phi) is 7.48. The van der Waals surface area contributed by atoms with Crippen LogP contribution in [-0.4, -0.2) is 30.6 Å². The summed E-state index contributed by atoms with van der Waals surface area (Å²) in [6, 6.07) is 10.8.